The van der Waals surface area contributed by atoms with E-state index in [1.54, 1.807) is 30.3 Å². The molecule has 3 aromatic rings. The Labute approximate surface area is 224 Å². The van der Waals surface area contributed by atoms with Crippen LogP contribution in [-0.4, -0.2) is 55.6 Å². The van der Waals surface area contributed by atoms with Gasteiger partial charge in [-0.05, 0) is 48.7 Å². The molecule has 3 rings (SSSR count). The second kappa shape index (κ2) is 13.8. The van der Waals surface area contributed by atoms with E-state index in [1.807, 2.05) is 37.3 Å². The first kappa shape index (κ1) is 29.0. The second-order valence-corrected chi connectivity index (χ2v) is 11.0. The zero-order valence-electron chi connectivity index (χ0n) is 21.7. The quantitative estimate of drug-likeness (QED) is 0.356. The normalized spacial score (nSPS) is 12.2. The van der Waals surface area contributed by atoms with Gasteiger partial charge in [-0.1, -0.05) is 60.7 Å². The molecular formula is C29H34FN3O4S. The van der Waals surface area contributed by atoms with E-state index in [0.29, 0.717) is 18.5 Å². The third-order valence-electron chi connectivity index (χ3n) is 6.20. The molecule has 3 aromatic carbocycles. The molecule has 9 heteroatoms. The smallest absolute Gasteiger partial charge is 0.243 e. The van der Waals surface area contributed by atoms with Gasteiger partial charge in [0.25, 0.3) is 0 Å². The van der Waals surface area contributed by atoms with Crippen molar-refractivity contribution in [1.29, 1.82) is 0 Å². The van der Waals surface area contributed by atoms with E-state index < -0.39 is 16.1 Å². The Bertz CT molecular complexity index is 1290. The summed E-state index contributed by atoms with van der Waals surface area (Å²) in [4.78, 5) is 28.4. The Morgan fingerprint density at radius 2 is 1.50 bits per heavy atom. The second-order valence-electron chi connectivity index (χ2n) is 8.99. The van der Waals surface area contributed by atoms with E-state index in [9.17, 15) is 22.4 Å². The van der Waals surface area contributed by atoms with Crippen LogP contribution in [0, 0.1) is 5.82 Å². The zero-order valence-corrected chi connectivity index (χ0v) is 22.5. The maximum absolute atomic E-state index is 13.6. The lowest BCUT2D eigenvalue weighted by Crippen LogP contribution is -2.50. The SMILES string of the molecule is CCNC(=O)C(Cc1ccccc1)N(Cc1ccc(F)cc1)C(=O)CCCN(C)S(=O)(=O)c1ccccc1. The van der Waals surface area contributed by atoms with Crippen molar-refractivity contribution >= 4 is 21.8 Å². The van der Waals surface area contributed by atoms with E-state index in [4.69, 9.17) is 0 Å². The average molecular weight is 540 g/mol. The molecule has 0 radical (unpaired) electrons. The molecule has 0 fully saturated rings. The molecular weight excluding hydrogens is 505 g/mol. The van der Waals surface area contributed by atoms with Crippen LogP contribution in [0.3, 0.4) is 0 Å². The standard InChI is InChI=1S/C29H34FN3O4S/c1-3-31-29(35)27(21-23-11-6-4-7-12-23)33(22-24-16-18-25(30)19-17-24)28(34)15-10-20-32(2)38(36,37)26-13-8-5-9-14-26/h4-9,11-14,16-19,27H,3,10,15,20-22H2,1-2H3,(H,31,35). The van der Waals surface area contributed by atoms with Gasteiger partial charge >= 0.3 is 0 Å². The van der Waals surface area contributed by atoms with E-state index in [-0.39, 0.29) is 48.5 Å². The number of halogens is 1. The lowest BCUT2D eigenvalue weighted by Gasteiger charge is -2.31. The average Bonchev–Trinajstić information content (AvgIpc) is 2.92. The third kappa shape index (κ3) is 7.97. The topological polar surface area (TPSA) is 86.8 Å². The minimum absolute atomic E-state index is 0.0422. The summed E-state index contributed by atoms with van der Waals surface area (Å²) >= 11 is 0. The van der Waals surface area contributed by atoms with Crippen molar-refractivity contribution in [1.82, 2.24) is 14.5 Å². The van der Waals surface area contributed by atoms with Gasteiger partial charge in [-0.2, -0.15) is 0 Å². The Morgan fingerprint density at radius 1 is 0.895 bits per heavy atom. The fraction of sp³-hybridized carbons (Fsp3) is 0.310. The van der Waals surface area contributed by atoms with Gasteiger partial charge in [-0.25, -0.2) is 17.1 Å². The highest BCUT2D eigenvalue weighted by molar-refractivity contribution is 7.89. The fourth-order valence-corrected chi connectivity index (χ4v) is 5.35. The Kier molecular flexibility index (Phi) is 10.6. The number of sulfonamides is 1. The van der Waals surface area contributed by atoms with E-state index in [0.717, 1.165) is 5.56 Å². The maximum Gasteiger partial charge on any atom is 0.243 e. The summed E-state index contributed by atoms with van der Waals surface area (Å²) in [6, 6.07) is 22.6. The largest absolute Gasteiger partial charge is 0.355 e. The van der Waals surface area contributed by atoms with Crippen LogP contribution < -0.4 is 5.32 Å². The number of likely N-dealkylation sites (N-methyl/N-ethyl adjacent to an activating group) is 1. The number of carbonyl (C=O) groups is 2. The van der Waals surface area contributed by atoms with Gasteiger partial charge in [0.1, 0.15) is 11.9 Å². The van der Waals surface area contributed by atoms with Gasteiger partial charge in [0.05, 0.1) is 4.90 Å². The zero-order chi connectivity index (χ0) is 27.5. The van der Waals surface area contributed by atoms with Gasteiger partial charge in [0.2, 0.25) is 21.8 Å². The number of rotatable bonds is 13. The molecule has 202 valence electrons. The van der Waals surface area contributed by atoms with Crippen LogP contribution in [0.2, 0.25) is 0 Å². The van der Waals surface area contributed by atoms with Crippen LogP contribution in [0.15, 0.2) is 89.8 Å². The number of carbonyl (C=O) groups excluding carboxylic acids is 2. The van der Waals surface area contributed by atoms with Crippen molar-refractivity contribution in [3.8, 4) is 0 Å². The predicted molar refractivity (Wildman–Crippen MR) is 145 cm³/mol. The molecule has 0 aliphatic carbocycles. The summed E-state index contributed by atoms with van der Waals surface area (Å²) in [5.74, 6) is -0.957. The molecule has 0 aliphatic rings. The van der Waals surface area contributed by atoms with Crippen LogP contribution in [0.4, 0.5) is 4.39 Å². The molecule has 2 amide bonds. The minimum Gasteiger partial charge on any atom is -0.355 e. The van der Waals surface area contributed by atoms with Crippen molar-refractivity contribution in [2.45, 2.75) is 43.7 Å². The van der Waals surface area contributed by atoms with Crippen molar-refractivity contribution in [3.63, 3.8) is 0 Å². The molecule has 0 heterocycles. The fourth-order valence-electron chi connectivity index (χ4n) is 4.12. The molecule has 0 bridgehead atoms. The first-order valence-electron chi connectivity index (χ1n) is 12.6. The number of benzene rings is 3. The van der Waals surface area contributed by atoms with Crippen LogP contribution >= 0.6 is 0 Å². The minimum atomic E-state index is -3.68. The summed E-state index contributed by atoms with van der Waals surface area (Å²) in [6.07, 6.45) is 0.622. The highest BCUT2D eigenvalue weighted by atomic mass is 32.2. The van der Waals surface area contributed by atoms with Gasteiger partial charge in [0, 0.05) is 39.5 Å². The summed E-state index contributed by atoms with van der Waals surface area (Å²) in [5.41, 5.74) is 1.58. The number of hydrogen-bond donors (Lipinski definition) is 1. The maximum atomic E-state index is 13.6. The first-order chi connectivity index (χ1) is 18.2. The molecule has 0 saturated heterocycles. The summed E-state index contributed by atoms with van der Waals surface area (Å²) in [6.45, 7) is 2.47. The van der Waals surface area contributed by atoms with E-state index in [2.05, 4.69) is 5.32 Å². The van der Waals surface area contributed by atoms with Crippen molar-refractivity contribution in [3.05, 3.63) is 102 Å². The molecule has 1 N–H and O–H groups in total. The highest BCUT2D eigenvalue weighted by Crippen LogP contribution is 2.18. The molecule has 38 heavy (non-hydrogen) atoms. The lowest BCUT2D eigenvalue weighted by molar-refractivity contribution is -0.141. The number of hydrogen-bond acceptors (Lipinski definition) is 4. The highest BCUT2D eigenvalue weighted by Gasteiger charge is 2.30. The molecule has 0 spiro atoms. The predicted octanol–water partition coefficient (Wildman–Crippen LogP) is 4.00. The monoisotopic (exact) mass is 539 g/mol. The van der Waals surface area contributed by atoms with Crippen molar-refractivity contribution < 1.29 is 22.4 Å². The Morgan fingerprint density at radius 3 is 2.11 bits per heavy atom. The van der Waals surface area contributed by atoms with E-state index in [1.165, 1.54) is 40.5 Å². The molecule has 0 aromatic heterocycles. The molecule has 1 unspecified atom stereocenters. The third-order valence-corrected chi connectivity index (χ3v) is 8.07. The van der Waals surface area contributed by atoms with Crippen LogP contribution in [0.5, 0.6) is 0 Å². The molecule has 0 saturated carbocycles. The van der Waals surface area contributed by atoms with Crippen molar-refractivity contribution in [2.75, 3.05) is 20.1 Å². The number of nitrogens with zero attached hydrogens (tertiary/aromatic N) is 2. The summed E-state index contributed by atoms with van der Waals surface area (Å²) < 4.78 is 40.4. The molecule has 0 aliphatic heterocycles. The molecule has 1 atom stereocenters. The Balaban J connectivity index is 1.79. The van der Waals surface area contributed by atoms with E-state index >= 15 is 0 Å². The number of nitrogens with one attached hydrogen (secondary N) is 1. The van der Waals surface area contributed by atoms with Gasteiger partial charge in [-0.3, -0.25) is 9.59 Å². The van der Waals surface area contributed by atoms with Crippen molar-refractivity contribution in [2.24, 2.45) is 0 Å². The van der Waals surface area contributed by atoms with Gasteiger partial charge in [-0.15, -0.1) is 0 Å². The van der Waals surface area contributed by atoms with Gasteiger partial charge in [0.15, 0.2) is 0 Å². The molecule has 7 nitrogen and oxygen atoms in total. The summed E-state index contributed by atoms with van der Waals surface area (Å²) in [7, 11) is -2.20. The number of amides is 2. The summed E-state index contributed by atoms with van der Waals surface area (Å²) in [5, 5.41) is 2.83. The lowest BCUT2D eigenvalue weighted by atomic mass is 10.0. The Hall–Kier alpha value is -3.56. The van der Waals surface area contributed by atoms with Crippen LogP contribution in [0.1, 0.15) is 30.9 Å². The van der Waals surface area contributed by atoms with Gasteiger partial charge < -0.3 is 10.2 Å². The van der Waals surface area contributed by atoms with Crippen LogP contribution in [0.25, 0.3) is 0 Å². The van der Waals surface area contributed by atoms with Crippen LogP contribution in [-0.2, 0) is 32.6 Å². The first-order valence-corrected chi connectivity index (χ1v) is 14.0.